The summed E-state index contributed by atoms with van der Waals surface area (Å²) in [6, 6.07) is 9.23. The van der Waals surface area contributed by atoms with Crippen molar-refractivity contribution in [1.29, 1.82) is 0 Å². The molecule has 37 heavy (non-hydrogen) atoms. The number of aromatic nitrogens is 1. The predicted octanol–water partition coefficient (Wildman–Crippen LogP) is 3.67. The Morgan fingerprint density at radius 1 is 1.08 bits per heavy atom. The smallest absolute Gasteiger partial charge is 0.258 e. The Kier molecular flexibility index (Phi) is 8.99. The number of fused-ring (bicyclic) bond motifs is 1. The Bertz CT molecular complexity index is 1470. The molecule has 10 heteroatoms. The number of carbonyl (C=O) groups is 1. The van der Waals surface area contributed by atoms with E-state index in [1.165, 1.54) is 31.2 Å². The van der Waals surface area contributed by atoms with Crippen LogP contribution in [-0.4, -0.2) is 55.2 Å². The molecule has 0 radical (unpaired) electrons. The molecule has 0 fully saturated rings. The number of methoxy groups -OCH3 is 1. The van der Waals surface area contributed by atoms with Crippen LogP contribution in [-0.2, 0) is 32.3 Å². The van der Waals surface area contributed by atoms with Crippen molar-refractivity contribution in [2.75, 3.05) is 26.6 Å². The fourth-order valence-electron chi connectivity index (χ4n) is 4.24. The molecular formula is C27H31F2NO6S. The molecule has 3 aromatic rings. The van der Waals surface area contributed by atoms with E-state index in [1.807, 2.05) is 6.07 Å². The standard InChI is InChI=1S/C27H31F2NO6S/c1-27(25(32)17-31,37(3,34)35)11-12-30-16-24(29)22-15-19(8-10-21(22)26(30)33)20-9-7-18(14-23(20)28)6-4-5-13-36-2/h7-10,14-16,31H,4-6,11-13,17H2,1-3H3/t27-/m1/s1. The number of aliphatic hydroxyl groups excluding tert-OH is 1. The molecule has 3 rings (SSSR count). The molecule has 1 aromatic heterocycles. The van der Waals surface area contributed by atoms with Gasteiger partial charge in [-0.3, -0.25) is 9.59 Å². The molecule has 1 N–H and O–H groups in total. The molecule has 0 amide bonds. The van der Waals surface area contributed by atoms with E-state index in [9.17, 15) is 27.5 Å². The van der Waals surface area contributed by atoms with Crippen molar-refractivity contribution in [2.45, 2.75) is 43.9 Å². The largest absolute Gasteiger partial charge is 0.389 e. The summed E-state index contributed by atoms with van der Waals surface area (Å²) in [4.78, 5) is 25.2. The molecule has 7 nitrogen and oxygen atoms in total. The van der Waals surface area contributed by atoms with Gasteiger partial charge in [-0.25, -0.2) is 17.2 Å². The van der Waals surface area contributed by atoms with Crippen molar-refractivity contribution >= 4 is 26.4 Å². The van der Waals surface area contributed by atoms with Gasteiger partial charge in [-0.05, 0) is 61.9 Å². The van der Waals surface area contributed by atoms with E-state index in [0.29, 0.717) is 18.6 Å². The summed E-state index contributed by atoms with van der Waals surface area (Å²) >= 11 is 0. The molecule has 200 valence electrons. The topological polar surface area (TPSA) is 103 Å². The Morgan fingerprint density at radius 3 is 2.43 bits per heavy atom. The van der Waals surface area contributed by atoms with Crippen molar-refractivity contribution in [3.63, 3.8) is 0 Å². The average molecular weight is 536 g/mol. The minimum atomic E-state index is -3.92. The molecule has 0 spiro atoms. The predicted molar refractivity (Wildman–Crippen MR) is 138 cm³/mol. The number of aliphatic hydroxyl groups is 1. The van der Waals surface area contributed by atoms with Gasteiger partial charge in [-0.2, -0.15) is 0 Å². The van der Waals surface area contributed by atoms with Crippen LogP contribution in [0, 0.1) is 11.6 Å². The number of ether oxygens (including phenoxy) is 1. The van der Waals surface area contributed by atoms with Crippen LogP contribution in [0.15, 0.2) is 47.4 Å². The number of halogens is 2. The van der Waals surface area contributed by atoms with Gasteiger partial charge in [0.15, 0.2) is 15.6 Å². The maximum Gasteiger partial charge on any atom is 0.258 e. The number of sulfone groups is 1. The SMILES string of the molecule is COCCCCc1ccc(-c2ccc3c(=O)n(CC[C@](C)(C(=O)CO)S(C)(=O)=O)cc(F)c3c2)c(F)c1. The molecule has 1 heterocycles. The van der Waals surface area contributed by atoms with E-state index in [4.69, 9.17) is 4.74 Å². The Labute approximate surface area is 214 Å². The molecule has 0 saturated carbocycles. The molecule has 1 atom stereocenters. The van der Waals surface area contributed by atoms with E-state index >= 15 is 4.39 Å². The van der Waals surface area contributed by atoms with Gasteiger partial charge < -0.3 is 14.4 Å². The minimum Gasteiger partial charge on any atom is -0.389 e. The second-order valence-corrected chi connectivity index (χ2v) is 11.8. The maximum absolute atomic E-state index is 15.1. The van der Waals surface area contributed by atoms with Crippen LogP contribution in [0.3, 0.4) is 0 Å². The number of carbonyl (C=O) groups excluding carboxylic acids is 1. The van der Waals surface area contributed by atoms with Gasteiger partial charge in [0, 0.05) is 43.7 Å². The van der Waals surface area contributed by atoms with Gasteiger partial charge in [0.2, 0.25) is 0 Å². The van der Waals surface area contributed by atoms with Crippen molar-refractivity contribution in [3.05, 3.63) is 70.1 Å². The number of benzene rings is 2. The van der Waals surface area contributed by atoms with Crippen LogP contribution in [0.2, 0.25) is 0 Å². The Balaban J connectivity index is 1.91. The summed E-state index contributed by atoms with van der Waals surface area (Å²) in [6.45, 7) is 0.583. The van der Waals surface area contributed by atoms with Crippen LogP contribution >= 0.6 is 0 Å². The first-order valence-corrected chi connectivity index (χ1v) is 13.8. The zero-order valence-corrected chi connectivity index (χ0v) is 21.9. The molecular weight excluding hydrogens is 504 g/mol. The van der Waals surface area contributed by atoms with Crippen molar-refractivity contribution < 1.29 is 31.8 Å². The molecule has 0 bridgehead atoms. The van der Waals surface area contributed by atoms with Gasteiger partial charge in [0.05, 0.1) is 5.39 Å². The molecule has 0 unspecified atom stereocenters. The zero-order valence-electron chi connectivity index (χ0n) is 21.1. The van der Waals surface area contributed by atoms with Crippen molar-refractivity contribution in [3.8, 4) is 11.1 Å². The third-order valence-corrected chi connectivity index (χ3v) is 8.90. The van der Waals surface area contributed by atoms with Gasteiger partial charge >= 0.3 is 0 Å². The van der Waals surface area contributed by atoms with Gasteiger partial charge in [-0.1, -0.05) is 18.2 Å². The number of aryl methyl sites for hydroxylation is 2. The summed E-state index contributed by atoms with van der Waals surface area (Å²) in [5.74, 6) is -2.11. The lowest BCUT2D eigenvalue weighted by atomic mass is 9.98. The van der Waals surface area contributed by atoms with Crippen LogP contribution in [0.5, 0.6) is 0 Å². The van der Waals surface area contributed by atoms with Crippen molar-refractivity contribution in [1.82, 2.24) is 4.57 Å². The summed E-state index contributed by atoms with van der Waals surface area (Å²) in [5.41, 5.74) is 0.942. The second kappa shape index (κ2) is 11.6. The third-order valence-electron chi connectivity index (χ3n) is 6.83. The minimum absolute atomic E-state index is 0.000832. The molecule has 0 aliphatic carbocycles. The van der Waals surface area contributed by atoms with Gasteiger partial charge in [0.1, 0.15) is 23.0 Å². The Hall–Kier alpha value is -2.95. The first-order chi connectivity index (χ1) is 17.4. The van der Waals surface area contributed by atoms with Crippen LogP contribution < -0.4 is 5.56 Å². The highest BCUT2D eigenvalue weighted by Gasteiger charge is 2.42. The van der Waals surface area contributed by atoms with Crippen LogP contribution in [0.4, 0.5) is 8.78 Å². The number of nitrogens with zero attached hydrogens (tertiary/aromatic N) is 1. The van der Waals surface area contributed by atoms with Gasteiger partial charge in [0.25, 0.3) is 5.56 Å². The van der Waals surface area contributed by atoms with E-state index < -0.39 is 44.2 Å². The lowest BCUT2D eigenvalue weighted by molar-refractivity contribution is -0.124. The highest BCUT2D eigenvalue weighted by Crippen LogP contribution is 2.28. The maximum atomic E-state index is 15.1. The number of hydrogen-bond donors (Lipinski definition) is 1. The molecule has 0 saturated heterocycles. The fourth-order valence-corrected chi connectivity index (χ4v) is 5.18. The average Bonchev–Trinajstić information content (AvgIpc) is 2.86. The summed E-state index contributed by atoms with van der Waals surface area (Å²) in [6.07, 6.45) is 3.93. The molecule has 0 aliphatic rings. The van der Waals surface area contributed by atoms with E-state index in [-0.39, 0.29) is 29.3 Å². The number of Topliss-reactive ketones (excluding diaryl/α,β-unsaturated/α-hetero) is 1. The molecule has 0 aliphatic heterocycles. The highest BCUT2D eigenvalue weighted by atomic mass is 32.2. The third kappa shape index (κ3) is 6.14. The molecule has 2 aromatic carbocycles. The highest BCUT2D eigenvalue weighted by molar-refractivity contribution is 7.92. The summed E-state index contributed by atoms with van der Waals surface area (Å²) in [5, 5.41) is 9.24. The lowest BCUT2D eigenvalue weighted by Gasteiger charge is -2.25. The van der Waals surface area contributed by atoms with Crippen LogP contribution in [0.1, 0.15) is 31.7 Å². The quantitative estimate of drug-likeness (QED) is 0.355. The second-order valence-electron chi connectivity index (χ2n) is 9.33. The Morgan fingerprint density at radius 2 is 1.81 bits per heavy atom. The number of unbranched alkanes of at least 4 members (excludes halogenated alkanes) is 1. The lowest BCUT2D eigenvalue weighted by Crippen LogP contribution is -2.46. The van der Waals surface area contributed by atoms with E-state index in [1.54, 1.807) is 13.2 Å². The fraction of sp³-hybridized carbons (Fsp3) is 0.407. The zero-order chi connectivity index (χ0) is 27.4. The first kappa shape index (κ1) is 28.6. The summed E-state index contributed by atoms with van der Waals surface area (Å²) in [7, 11) is -2.29. The number of rotatable bonds is 12. The van der Waals surface area contributed by atoms with Gasteiger partial charge in [-0.15, -0.1) is 0 Å². The van der Waals surface area contributed by atoms with E-state index in [0.717, 1.165) is 35.4 Å². The number of ketones is 1. The summed E-state index contributed by atoms with van der Waals surface area (Å²) < 4.78 is 58.5. The monoisotopic (exact) mass is 535 g/mol. The number of hydrogen-bond acceptors (Lipinski definition) is 6. The van der Waals surface area contributed by atoms with E-state index in [2.05, 4.69) is 0 Å². The number of pyridine rings is 1. The normalized spacial score (nSPS) is 13.6. The van der Waals surface area contributed by atoms with Crippen LogP contribution in [0.25, 0.3) is 21.9 Å². The van der Waals surface area contributed by atoms with Crippen molar-refractivity contribution in [2.24, 2.45) is 0 Å². The first-order valence-electron chi connectivity index (χ1n) is 11.9.